The van der Waals surface area contributed by atoms with Crippen molar-refractivity contribution in [3.05, 3.63) is 18.7 Å². The van der Waals surface area contributed by atoms with Crippen LogP contribution in [0.4, 0.5) is 4.79 Å². The Balaban J connectivity index is 1.92. The Morgan fingerprint density at radius 3 is 2.53 bits per heavy atom. The standard InChI is InChI=1S/C12H20N4O3/c17-11(18)4-1-2-5-14-12(19)15-6-3-8-16-9-7-13-10-16/h7,9-10H,1-6,8H2,(H,17,18)(H2,14,15,19). The highest BCUT2D eigenvalue weighted by Gasteiger charge is 2.00. The number of unbranched alkanes of at least 4 members (excludes halogenated alkanes) is 1. The van der Waals surface area contributed by atoms with E-state index in [9.17, 15) is 9.59 Å². The minimum Gasteiger partial charge on any atom is -0.481 e. The number of urea groups is 1. The lowest BCUT2D eigenvalue weighted by Crippen LogP contribution is -2.36. The van der Waals surface area contributed by atoms with E-state index >= 15 is 0 Å². The van der Waals surface area contributed by atoms with Crippen LogP contribution in [0.3, 0.4) is 0 Å². The van der Waals surface area contributed by atoms with E-state index < -0.39 is 5.97 Å². The van der Waals surface area contributed by atoms with Crippen molar-refractivity contribution < 1.29 is 14.7 Å². The quantitative estimate of drug-likeness (QED) is 0.578. The van der Waals surface area contributed by atoms with Crippen LogP contribution >= 0.6 is 0 Å². The number of carboxylic acid groups (broad SMARTS) is 1. The molecule has 0 aliphatic carbocycles. The minimum atomic E-state index is -0.802. The zero-order chi connectivity index (χ0) is 13.9. The molecule has 0 radical (unpaired) electrons. The lowest BCUT2D eigenvalue weighted by Gasteiger charge is -2.07. The first kappa shape index (κ1) is 15.0. The lowest BCUT2D eigenvalue weighted by molar-refractivity contribution is -0.137. The Kier molecular flexibility index (Phi) is 7.08. The molecule has 0 saturated carbocycles. The molecule has 1 heterocycles. The molecule has 0 bridgehead atoms. The number of carbonyl (C=O) groups is 2. The van der Waals surface area contributed by atoms with Crippen LogP contribution in [-0.4, -0.2) is 39.7 Å². The molecule has 0 aromatic carbocycles. The van der Waals surface area contributed by atoms with Crippen molar-refractivity contribution in [3.8, 4) is 0 Å². The maximum absolute atomic E-state index is 11.3. The fourth-order valence-corrected chi connectivity index (χ4v) is 1.55. The summed E-state index contributed by atoms with van der Waals surface area (Å²) < 4.78 is 1.95. The number of nitrogens with one attached hydrogen (secondary N) is 2. The highest BCUT2D eigenvalue weighted by molar-refractivity contribution is 5.73. The minimum absolute atomic E-state index is 0.147. The van der Waals surface area contributed by atoms with Gasteiger partial charge in [-0.15, -0.1) is 0 Å². The summed E-state index contributed by atoms with van der Waals surface area (Å²) in [5, 5.41) is 13.9. The van der Waals surface area contributed by atoms with Gasteiger partial charge in [0.05, 0.1) is 6.33 Å². The second kappa shape index (κ2) is 8.96. The van der Waals surface area contributed by atoms with Crippen molar-refractivity contribution in [2.45, 2.75) is 32.2 Å². The number of aliphatic carboxylic acids is 1. The number of carbonyl (C=O) groups excluding carboxylic acids is 1. The van der Waals surface area contributed by atoms with Crippen LogP contribution in [0.15, 0.2) is 18.7 Å². The summed E-state index contributed by atoms with van der Waals surface area (Å²) in [6.07, 6.45) is 7.57. The molecule has 0 aliphatic rings. The molecule has 0 fully saturated rings. The van der Waals surface area contributed by atoms with Crippen molar-refractivity contribution in [2.24, 2.45) is 0 Å². The van der Waals surface area contributed by atoms with Gasteiger partial charge in [-0.3, -0.25) is 4.79 Å². The van der Waals surface area contributed by atoms with E-state index in [1.807, 2.05) is 10.8 Å². The summed E-state index contributed by atoms with van der Waals surface area (Å²) in [5.74, 6) is -0.802. The zero-order valence-corrected chi connectivity index (χ0v) is 10.8. The average molecular weight is 268 g/mol. The third-order valence-electron chi connectivity index (χ3n) is 2.54. The van der Waals surface area contributed by atoms with Crippen molar-refractivity contribution in [1.82, 2.24) is 20.2 Å². The van der Waals surface area contributed by atoms with E-state index in [1.54, 1.807) is 12.5 Å². The Bertz CT molecular complexity index is 378. The van der Waals surface area contributed by atoms with Gasteiger partial charge in [0.1, 0.15) is 0 Å². The van der Waals surface area contributed by atoms with Crippen LogP contribution < -0.4 is 10.6 Å². The number of amides is 2. The number of aryl methyl sites for hydroxylation is 1. The number of hydrogen-bond donors (Lipinski definition) is 3. The first-order valence-corrected chi connectivity index (χ1v) is 6.37. The molecule has 0 spiro atoms. The molecular weight excluding hydrogens is 248 g/mol. The number of imidazole rings is 1. The van der Waals surface area contributed by atoms with Crippen LogP contribution in [0.25, 0.3) is 0 Å². The molecule has 7 nitrogen and oxygen atoms in total. The van der Waals surface area contributed by atoms with E-state index in [0.717, 1.165) is 13.0 Å². The van der Waals surface area contributed by atoms with Gasteiger partial charge in [0.15, 0.2) is 0 Å². The molecule has 2 amide bonds. The van der Waals surface area contributed by atoms with Gasteiger partial charge >= 0.3 is 12.0 Å². The lowest BCUT2D eigenvalue weighted by atomic mass is 10.2. The topological polar surface area (TPSA) is 96.3 Å². The van der Waals surface area contributed by atoms with Crippen molar-refractivity contribution in [1.29, 1.82) is 0 Å². The zero-order valence-electron chi connectivity index (χ0n) is 10.8. The summed E-state index contributed by atoms with van der Waals surface area (Å²) >= 11 is 0. The highest BCUT2D eigenvalue weighted by Crippen LogP contribution is 1.93. The molecule has 106 valence electrons. The van der Waals surface area contributed by atoms with Gasteiger partial charge in [-0.1, -0.05) is 0 Å². The van der Waals surface area contributed by atoms with Gasteiger partial charge in [-0.05, 0) is 19.3 Å². The van der Waals surface area contributed by atoms with Crippen molar-refractivity contribution >= 4 is 12.0 Å². The molecule has 1 aromatic rings. The number of hydrogen-bond acceptors (Lipinski definition) is 3. The number of rotatable bonds is 9. The highest BCUT2D eigenvalue weighted by atomic mass is 16.4. The second-order valence-corrected chi connectivity index (χ2v) is 4.19. The second-order valence-electron chi connectivity index (χ2n) is 4.19. The third-order valence-corrected chi connectivity index (χ3v) is 2.54. The summed E-state index contributed by atoms with van der Waals surface area (Å²) in [5.41, 5.74) is 0. The third kappa shape index (κ3) is 7.80. The molecule has 0 atom stereocenters. The maximum Gasteiger partial charge on any atom is 0.314 e. The van der Waals surface area contributed by atoms with E-state index in [2.05, 4.69) is 15.6 Å². The summed E-state index contributed by atoms with van der Waals surface area (Å²) in [4.78, 5) is 25.5. The number of carboxylic acids is 1. The van der Waals surface area contributed by atoms with Crippen LogP contribution in [0.2, 0.25) is 0 Å². The van der Waals surface area contributed by atoms with Crippen LogP contribution in [-0.2, 0) is 11.3 Å². The smallest absolute Gasteiger partial charge is 0.314 e. The molecular formula is C12H20N4O3. The maximum atomic E-state index is 11.3. The Morgan fingerprint density at radius 2 is 1.89 bits per heavy atom. The first-order chi connectivity index (χ1) is 9.18. The fourth-order valence-electron chi connectivity index (χ4n) is 1.55. The van der Waals surface area contributed by atoms with Crippen molar-refractivity contribution in [2.75, 3.05) is 13.1 Å². The van der Waals surface area contributed by atoms with Gasteiger partial charge in [0.25, 0.3) is 0 Å². The predicted octanol–water partition coefficient (Wildman–Crippen LogP) is 0.827. The molecule has 1 rings (SSSR count). The first-order valence-electron chi connectivity index (χ1n) is 6.37. The SMILES string of the molecule is O=C(O)CCCCNC(=O)NCCCn1ccnc1. The van der Waals surface area contributed by atoms with Crippen LogP contribution in [0.5, 0.6) is 0 Å². The number of aromatic nitrogens is 2. The van der Waals surface area contributed by atoms with Gasteiger partial charge in [-0.2, -0.15) is 0 Å². The molecule has 3 N–H and O–H groups in total. The number of nitrogens with zero attached hydrogens (tertiary/aromatic N) is 2. The molecule has 7 heteroatoms. The predicted molar refractivity (Wildman–Crippen MR) is 69.7 cm³/mol. The summed E-state index contributed by atoms with van der Waals surface area (Å²) in [6, 6.07) is -0.207. The van der Waals surface area contributed by atoms with Gasteiger partial charge in [0, 0.05) is 38.4 Å². The van der Waals surface area contributed by atoms with Gasteiger partial charge in [-0.25, -0.2) is 9.78 Å². The monoisotopic (exact) mass is 268 g/mol. The summed E-state index contributed by atoms with van der Waals surface area (Å²) in [6.45, 7) is 1.92. The molecule has 19 heavy (non-hydrogen) atoms. The Hall–Kier alpha value is -2.05. The molecule has 0 saturated heterocycles. The fraction of sp³-hybridized carbons (Fsp3) is 0.583. The normalized spacial score (nSPS) is 10.1. The largest absolute Gasteiger partial charge is 0.481 e. The van der Waals surface area contributed by atoms with Crippen LogP contribution in [0.1, 0.15) is 25.7 Å². The average Bonchev–Trinajstić information content (AvgIpc) is 2.87. The van der Waals surface area contributed by atoms with E-state index in [-0.39, 0.29) is 12.5 Å². The molecule has 0 aliphatic heterocycles. The van der Waals surface area contributed by atoms with Crippen LogP contribution in [0, 0.1) is 0 Å². The van der Waals surface area contributed by atoms with E-state index in [0.29, 0.717) is 25.9 Å². The van der Waals surface area contributed by atoms with Crippen molar-refractivity contribution in [3.63, 3.8) is 0 Å². The summed E-state index contributed by atoms with van der Waals surface area (Å²) in [7, 11) is 0. The van der Waals surface area contributed by atoms with E-state index in [1.165, 1.54) is 0 Å². The Labute approximate surface area is 112 Å². The Morgan fingerprint density at radius 1 is 1.16 bits per heavy atom. The van der Waals surface area contributed by atoms with Gasteiger partial charge in [0.2, 0.25) is 0 Å². The van der Waals surface area contributed by atoms with E-state index in [4.69, 9.17) is 5.11 Å². The van der Waals surface area contributed by atoms with Gasteiger partial charge < -0.3 is 20.3 Å². The molecule has 1 aromatic heterocycles. The molecule has 0 unspecified atom stereocenters.